The molecule has 2 heterocycles. The average molecular weight is 468 g/mol. The molecule has 4 rings (SSSR count). The third-order valence-electron chi connectivity index (χ3n) is 4.44. The van der Waals surface area contributed by atoms with E-state index >= 15 is 0 Å². The van der Waals surface area contributed by atoms with E-state index in [1.54, 1.807) is 24.1 Å². The Hall–Kier alpha value is -1.60. The van der Waals surface area contributed by atoms with Gasteiger partial charge in [-0.3, -0.25) is 4.79 Å². The highest BCUT2D eigenvalue weighted by molar-refractivity contribution is 9.11. The summed E-state index contributed by atoms with van der Waals surface area (Å²) in [6.07, 6.45) is 4.24. The van der Waals surface area contributed by atoms with Crippen molar-refractivity contribution in [1.29, 1.82) is 0 Å². The van der Waals surface area contributed by atoms with Crippen LogP contribution in [0.25, 0.3) is 0 Å². The summed E-state index contributed by atoms with van der Waals surface area (Å²) in [5.74, 6) is 1.68. The topological polar surface area (TPSA) is 51.7 Å². The number of amides is 1. The maximum Gasteiger partial charge on any atom is 0.258 e. The number of rotatable bonds is 3. The van der Waals surface area contributed by atoms with Crippen molar-refractivity contribution < 1.29 is 14.3 Å². The molecule has 1 fully saturated rings. The van der Waals surface area contributed by atoms with Gasteiger partial charge in [0.2, 0.25) is 5.88 Å². The molecule has 1 aliphatic carbocycles. The maximum atomic E-state index is 13.1. The lowest BCUT2D eigenvalue weighted by molar-refractivity contribution is 0.0975. The lowest BCUT2D eigenvalue weighted by Gasteiger charge is -2.29. The fourth-order valence-corrected chi connectivity index (χ4v) is 4.51. The van der Waals surface area contributed by atoms with Crippen molar-refractivity contribution in [3.63, 3.8) is 0 Å². The van der Waals surface area contributed by atoms with Crippen LogP contribution in [-0.4, -0.2) is 31.2 Å². The number of ether oxygens (including phenoxy) is 2. The minimum absolute atomic E-state index is 0.0802. The van der Waals surface area contributed by atoms with Crippen LogP contribution in [0.1, 0.15) is 34.7 Å². The Morgan fingerprint density at radius 2 is 2.00 bits per heavy atom. The molecule has 7 heteroatoms. The fourth-order valence-electron chi connectivity index (χ4n) is 3.00. The molecule has 0 spiro atoms. The van der Waals surface area contributed by atoms with Crippen LogP contribution < -0.4 is 14.4 Å². The second kappa shape index (κ2) is 6.61. The van der Waals surface area contributed by atoms with Crippen molar-refractivity contribution in [2.24, 2.45) is 0 Å². The summed E-state index contributed by atoms with van der Waals surface area (Å²) in [7, 11) is 1.59. The SMILES string of the molecule is COc1c(Br)cc(C(=O)N2CCOc3ncc(C4CC4)cc32)cc1Br. The molecule has 1 aromatic carbocycles. The third kappa shape index (κ3) is 3.15. The third-order valence-corrected chi connectivity index (χ3v) is 5.62. The van der Waals surface area contributed by atoms with Gasteiger partial charge in [0.15, 0.2) is 0 Å². The second-order valence-electron chi connectivity index (χ2n) is 6.15. The lowest BCUT2D eigenvalue weighted by atomic mass is 10.1. The number of benzene rings is 1. The molecule has 130 valence electrons. The van der Waals surface area contributed by atoms with E-state index in [-0.39, 0.29) is 5.91 Å². The Morgan fingerprint density at radius 3 is 2.64 bits per heavy atom. The van der Waals surface area contributed by atoms with Crippen molar-refractivity contribution in [1.82, 2.24) is 4.98 Å². The van der Waals surface area contributed by atoms with Gasteiger partial charge in [-0.15, -0.1) is 0 Å². The summed E-state index contributed by atoms with van der Waals surface area (Å²) in [5.41, 5.74) is 2.51. The molecular formula is C18H16Br2N2O3. The monoisotopic (exact) mass is 466 g/mol. The minimum Gasteiger partial charge on any atom is -0.494 e. The Bertz CT molecular complexity index is 829. The van der Waals surface area contributed by atoms with E-state index in [0.29, 0.717) is 36.3 Å². The van der Waals surface area contributed by atoms with Gasteiger partial charge in [0.25, 0.3) is 5.91 Å². The van der Waals surface area contributed by atoms with Crippen molar-refractivity contribution >= 4 is 43.5 Å². The number of methoxy groups -OCH3 is 1. The second-order valence-corrected chi connectivity index (χ2v) is 7.85. The molecule has 1 saturated carbocycles. The van der Waals surface area contributed by atoms with Crippen LogP contribution in [0.5, 0.6) is 11.6 Å². The van der Waals surface area contributed by atoms with Gasteiger partial charge in [-0.2, -0.15) is 0 Å². The van der Waals surface area contributed by atoms with Gasteiger partial charge in [0.05, 0.1) is 22.6 Å². The van der Waals surface area contributed by atoms with E-state index in [0.717, 1.165) is 14.6 Å². The standard InChI is InChI=1S/C18H16Br2N2O3/c1-24-16-13(19)6-11(7-14(16)20)18(23)22-4-5-25-17-15(22)8-12(9-21-17)10-2-3-10/h6-10H,2-5H2,1H3. The number of carbonyl (C=O) groups is 1. The first-order chi connectivity index (χ1) is 12.1. The summed E-state index contributed by atoms with van der Waals surface area (Å²) in [5, 5.41) is 0. The smallest absolute Gasteiger partial charge is 0.258 e. The number of anilines is 1. The largest absolute Gasteiger partial charge is 0.494 e. The minimum atomic E-state index is -0.0802. The number of aromatic nitrogens is 1. The van der Waals surface area contributed by atoms with Gasteiger partial charge in [0.1, 0.15) is 18.0 Å². The van der Waals surface area contributed by atoms with Crippen LogP contribution >= 0.6 is 31.9 Å². The van der Waals surface area contributed by atoms with Crippen molar-refractivity contribution in [3.8, 4) is 11.6 Å². The van der Waals surface area contributed by atoms with E-state index in [2.05, 4.69) is 36.8 Å². The van der Waals surface area contributed by atoms with Crippen LogP contribution in [0.4, 0.5) is 5.69 Å². The average Bonchev–Trinajstić information content (AvgIpc) is 3.45. The number of halogens is 2. The predicted molar refractivity (Wildman–Crippen MR) is 102 cm³/mol. The fraction of sp³-hybridized carbons (Fsp3) is 0.333. The van der Waals surface area contributed by atoms with Crippen molar-refractivity contribution in [2.45, 2.75) is 18.8 Å². The normalized spacial score (nSPS) is 16.2. The number of carbonyl (C=O) groups excluding carboxylic acids is 1. The highest BCUT2D eigenvalue weighted by Gasteiger charge is 2.30. The Morgan fingerprint density at radius 1 is 1.28 bits per heavy atom. The summed E-state index contributed by atoms with van der Waals surface area (Å²) in [4.78, 5) is 19.3. The number of fused-ring (bicyclic) bond motifs is 1. The predicted octanol–water partition coefficient (Wildman–Crippen LogP) is 4.53. The number of hydrogen-bond donors (Lipinski definition) is 0. The number of nitrogens with zero attached hydrogens (tertiary/aromatic N) is 2. The molecule has 2 aliphatic rings. The lowest BCUT2D eigenvalue weighted by Crippen LogP contribution is -2.38. The van der Waals surface area contributed by atoms with Crippen LogP contribution in [0.15, 0.2) is 33.3 Å². The maximum absolute atomic E-state index is 13.1. The zero-order valence-electron chi connectivity index (χ0n) is 13.6. The molecule has 1 aromatic heterocycles. The summed E-state index contributed by atoms with van der Waals surface area (Å²) in [6.45, 7) is 0.940. The first-order valence-electron chi connectivity index (χ1n) is 8.06. The van der Waals surface area contributed by atoms with Crippen LogP contribution in [-0.2, 0) is 0 Å². The highest BCUT2D eigenvalue weighted by Crippen LogP contribution is 2.43. The van der Waals surface area contributed by atoms with E-state index in [1.165, 1.54) is 18.4 Å². The van der Waals surface area contributed by atoms with E-state index in [9.17, 15) is 4.79 Å². The van der Waals surface area contributed by atoms with Gasteiger partial charge >= 0.3 is 0 Å². The summed E-state index contributed by atoms with van der Waals surface area (Å²) >= 11 is 6.92. The first kappa shape index (κ1) is 16.8. The zero-order chi connectivity index (χ0) is 17.6. The van der Waals surface area contributed by atoms with E-state index in [1.807, 2.05) is 12.3 Å². The summed E-state index contributed by atoms with van der Waals surface area (Å²) < 4.78 is 12.4. The molecule has 0 radical (unpaired) electrons. The van der Waals surface area contributed by atoms with Crippen LogP contribution in [0, 0.1) is 0 Å². The number of hydrogen-bond acceptors (Lipinski definition) is 4. The van der Waals surface area contributed by atoms with Gasteiger partial charge in [0, 0.05) is 11.8 Å². The van der Waals surface area contributed by atoms with Gasteiger partial charge < -0.3 is 14.4 Å². The molecule has 5 nitrogen and oxygen atoms in total. The van der Waals surface area contributed by atoms with Gasteiger partial charge in [-0.1, -0.05) is 0 Å². The molecule has 0 bridgehead atoms. The Balaban J connectivity index is 1.71. The molecule has 1 amide bonds. The molecule has 0 saturated heterocycles. The van der Waals surface area contributed by atoms with Crippen molar-refractivity contribution in [2.75, 3.05) is 25.2 Å². The summed E-state index contributed by atoms with van der Waals surface area (Å²) in [6, 6.07) is 5.60. The molecule has 2 aromatic rings. The van der Waals surface area contributed by atoms with E-state index in [4.69, 9.17) is 9.47 Å². The molecule has 0 unspecified atom stereocenters. The van der Waals surface area contributed by atoms with Crippen molar-refractivity contribution in [3.05, 3.63) is 44.5 Å². The Labute approximate surface area is 162 Å². The molecular weight excluding hydrogens is 452 g/mol. The van der Waals surface area contributed by atoms with Crippen LogP contribution in [0.3, 0.4) is 0 Å². The zero-order valence-corrected chi connectivity index (χ0v) is 16.8. The first-order valence-corrected chi connectivity index (χ1v) is 9.64. The van der Waals surface area contributed by atoms with Crippen LogP contribution in [0.2, 0.25) is 0 Å². The Kier molecular flexibility index (Phi) is 4.45. The molecule has 0 atom stereocenters. The number of pyridine rings is 1. The van der Waals surface area contributed by atoms with Gasteiger partial charge in [-0.25, -0.2) is 4.98 Å². The molecule has 0 N–H and O–H groups in total. The van der Waals surface area contributed by atoms with Gasteiger partial charge in [-0.05, 0) is 74.4 Å². The quantitative estimate of drug-likeness (QED) is 0.665. The van der Waals surface area contributed by atoms with E-state index < -0.39 is 0 Å². The molecule has 25 heavy (non-hydrogen) atoms. The molecule has 1 aliphatic heterocycles. The highest BCUT2D eigenvalue weighted by atomic mass is 79.9.